The minimum atomic E-state index is -0.310. The number of benzene rings is 1. The molecule has 2 rings (SSSR count). The predicted octanol–water partition coefficient (Wildman–Crippen LogP) is 4.36. The first kappa shape index (κ1) is 17.3. The van der Waals surface area contributed by atoms with Crippen LogP contribution in [0.3, 0.4) is 0 Å². The number of halogens is 1. The SMILES string of the molecule is CC(C)(CCCC=O)NSc1ccc(F)c(OCC2CC2)c1. The van der Waals surface area contributed by atoms with Crippen LogP contribution in [0.25, 0.3) is 0 Å². The number of hydrogen-bond acceptors (Lipinski definition) is 4. The van der Waals surface area contributed by atoms with E-state index in [4.69, 9.17) is 4.74 Å². The van der Waals surface area contributed by atoms with Crippen LogP contribution >= 0.6 is 11.9 Å². The Bertz CT molecular complexity index is 503. The molecule has 1 fully saturated rings. The number of aldehydes is 1. The summed E-state index contributed by atoms with van der Waals surface area (Å²) in [7, 11) is 0. The largest absolute Gasteiger partial charge is 0.490 e. The number of nitrogens with one attached hydrogen (secondary N) is 1. The molecule has 0 heterocycles. The maximum atomic E-state index is 13.7. The van der Waals surface area contributed by atoms with E-state index in [1.807, 2.05) is 0 Å². The molecule has 0 aliphatic heterocycles. The number of hydrogen-bond donors (Lipinski definition) is 1. The lowest BCUT2D eigenvalue weighted by Crippen LogP contribution is -2.34. The van der Waals surface area contributed by atoms with Gasteiger partial charge in [0, 0.05) is 16.9 Å². The second-order valence-corrected chi connectivity index (χ2v) is 7.37. The standard InChI is InChI=1S/C17H24FNO2S/c1-17(2,9-3-4-10-20)19-22-14-7-8-15(18)16(11-14)21-12-13-5-6-13/h7-8,10-11,13,19H,3-6,9,12H2,1-2H3. The van der Waals surface area contributed by atoms with Crippen molar-refractivity contribution >= 4 is 18.2 Å². The highest BCUT2D eigenvalue weighted by Crippen LogP contribution is 2.31. The summed E-state index contributed by atoms with van der Waals surface area (Å²) in [5.41, 5.74) is -0.0862. The molecular weight excluding hydrogens is 301 g/mol. The van der Waals surface area contributed by atoms with Crippen LogP contribution in [0.1, 0.15) is 46.0 Å². The Morgan fingerprint density at radius 2 is 2.23 bits per heavy atom. The summed E-state index contributed by atoms with van der Waals surface area (Å²) < 4.78 is 22.7. The van der Waals surface area contributed by atoms with Crippen molar-refractivity contribution in [2.24, 2.45) is 5.92 Å². The lowest BCUT2D eigenvalue weighted by atomic mass is 9.99. The van der Waals surface area contributed by atoms with Gasteiger partial charge in [-0.25, -0.2) is 4.39 Å². The smallest absolute Gasteiger partial charge is 0.165 e. The topological polar surface area (TPSA) is 38.3 Å². The molecule has 5 heteroatoms. The number of carbonyl (C=O) groups is 1. The average molecular weight is 325 g/mol. The first-order valence-electron chi connectivity index (χ1n) is 7.80. The molecule has 1 aliphatic rings. The van der Waals surface area contributed by atoms with E-state index in [1.54, 1.807) is 12.1 Å². The molecule has 22 heavy (non-hydrogen) atoms. The van der Waals surface area contributed by atoms with Gasteiger partial charge in [-0.1, -0.05) is 0 Å². The van der Waals surface area contributed by atoms with Crippen LogP contribution in [-0.4, -0.2) is 18.4 Å². The van der Waals surface area contributed by atoms with Crippen molar-refractivity contribution in [2.75, 3.05) is 6.61 Å². The molecule has 0 amide bonds. The van der Waals surface area contributed by atoms with Crippen LogP contribution < -0.4 is 9.46 Å². The van der Waals surface area contributed by atoms with E-state index < -0.39 is 0 Å². The minimum absolute atomic E-state index is 0.0862. The molecule has 0 saturated heterocycles. The van der Waals surface area contributed by atoms with Gasteiger partial charge < -0.3 is 9.53 Å². The van der Waals surface area contributed by atoms with Gasteiger partial charge in [-0.2, -0.15) is 0 Å². The Kier molecular flexibility index (Phi) is 6.26. The third-order valence-corrected chi connectivity index (χ3v) is 4.79. The van der Waals surface area contributed by atoms with Crippen molar-refractivity contribution in [3.8, 4) is 5.75 Å². The summed E-state index contributed by atoms with van der Waals surface area (Å²) in [6.07, 6.45) is 5.69. The lowest BCUT2D eigenvalue weighted by molar-refractivity contribution is -0.107. The molecule has 0 unspecified atom stereocenters. The van der Waals surface area contributed by atoms with Crippen LogP contribution in [0.2, 0.25) is 0 Å². The zero-order valence-electron chi connectivity index (χ0n) is 13.2. The molecule has 0 bridgehead atoms. The van der Waals surface area contributed by atoms with Crippen molar-refractivity contribution in [3.05, 3.63) is 24.0 Å². The monoisotopic (exact) mass is 325 g/mol. The third kappa shape index (κ3) is 5.97. The van der Waals surface area contributed by atoms with Crippen molar-refractivity contribution in [1.82, 2.24) is 4.72 Å². The van der Waals surface area contributed by atoms with Crippen molar-refractivity contribution in [2.45, 2.75) is 56.4 Å². The summed E-state index contributed by atoms with van der Waals surface area (Å²) in [6.45, 7) is 4.80. The van der Waals surface area contributed by atoms with E-state index in [0.29, 0.717) is 24.7 Å². The van der Waals surface area contributed by atoms with E-state index >= 15 is 0 Å². The molecule has 1 N–H and O–H groups in total. The highest BCUT2D eigenvalue weighted by molar-refractivity contribution is 7.97. The van der Waals surface area contributed by atoms with Crippen LogP contribution in [0.5, 0.6) is 5.75 Å². The number of carbonyl (C=O) groups excluding carboxylic acids is 1. The normalized spacial score (nSPS) is 14.9. The molecule has 1 aromatic carbocycles. The second-order valence-electron chi connectivity index (χ2n) is 6.49. The second kappa shape index (κ2) is 7.97. The summed E-state index contributed by atoms with van der Waals surface area (Å²) in [6, 6.07) is 4.95. The average Bonchev–Trinajstić information content (AvgIpc) is 3.29. The van der Waals surface area contributed by atoms with Gasteiger partial charge in [0.25, 0.3) is 0 Å². The zero-order chi connectivity index (χ0) is 16.0. The number of rotatable bonds is 10. The fourth-order valence-electron chi connectivity index (χ4n) is 2.03. The van der Waals surface area contributed by atoms with E-state index in [2.05, 4.69) is 18.6 Å². The zero-order valence-corrected chi connectivity index (χ0v) is 14.0. The van der Waals surface area contributed by atoms with Gasteiger partial charge in [0.1, 0.15) is 6.29 Å². The highest BCUT2D eigenvalue weighted by atomic mass is 32.2. The maximum absolute atomic E-state index is 13.7. The van der Waals surface area contributed by atoms with E-state index in [-0.39, 0.29) is 11.4 Å². The number of unbranched alkanes of at least 4 members (excludes halogenated alkanes) is 1. The molecule has 1 aromatic rings. The Balaban J connectivity index is 1.85. The summed E-state index contributed by atoms with van der Waals surface area (Å²) >= 11 is 1.47. The lowest BCUT2D eigenvalue weighted by Gasteiger charge is -2.25. The Hall–Kier alpha value is -1.07. The van der Waals surface area contributed by atoms with Crippen molar-refractivity contribution in [1.29, 1.82) is 0 Å². The summed E-state index contributed by atoms with van der Waals surface area (Å²) in [5, 5.41) is 0. The molecule has 3 nitrogen and oxygen atoms in total. The van der Waals surface area contributed by atoms with Crippen LogP contribution in [0.15, 0.2) is 23.1 Å². The Labute approximate surface area is 136 Å². The number of ether oxygens (including phenoxy) is 1. The molecule has 0 aromatic heterocycles. The summed E-state index contributed by atoms with van der Waals surface area (Å²) in [5.74, 6) is 0.623. The van der Waals surface area contributed by atoms with Gasteiger partial charge in [-0.15, -0.1) is 0 Å². The van der Waals surface area contributed by atoms with Crippen LogP contribution in [0.4, 0.5) is 4.39 Å². The Morgan fingerprint density at radius 1 is 1.45 bits per heavy atom. The molecule has 122 valence electrons. The van der Waals surface area contributed by atoms with Crippen LogP contribution in [-0.2, 0) is 4.79 Å². The minimum Gasteiger partial charge on any atom is -0.490 e. The van der Waals surface area contributed by atoms with Gasteiger partial charge in [0.15, 0.2) is 11.6 Å². The molecular formula is C17H24FNO2S. The van der Waals surface area contributed by atoms with Gasteiger partial charge >= 0.3 is 0 Å². The van der Waals surface area contributed by atoms with E-state index in [1.165, 1.54) is 30.9 Å². The first-order chi connectivity index (χ1) is 10.5. The fraction of sp³-hybridized carbons (Fsp3) is 0.588. The van der Waals surface area contributed by atoms with Gasteiger partial charge in [-0.3, -0.25) is 4.72 Å². The van der Waals surface area contributed by atoms with Crippen LogP contribution in [0, 0.1) is 11.7 Å². The Morgan fingerprint density at radius 3 is 2.91 bits per heavy atom. The predicted molar refractivity (Wildman–Crippen MR) is 87.6 cm³/mol. The van der Waals surface area contributed by atoms with Gasteiger partial charge in [0.2, 0.25) is 0 Å². The fourth-order valence-corrected chi connectivity index (χ4v) is 2.82. The third-order valence-electron chi connectivity index (χ3n) is 3.64. The first-order valence-corrected chi connectivity index (χ1v) is 8.62. The maximum Gasteiger partial charge on any atom is 0.165 e. The van der Waals surface area contributed by atoms with Gasteiger partial charge in [0.05, 0.1) is 6.61 Å². The highest BCUT2D eigenvalue weighted by Gasteiger charge is 2.22. The van der Waals surface area contributed by atoms with E-state index in [9.17, 15) is 9.18 Å². The van der Waals surface area contributed by atoms with Gasteiger partial charge in [-0.05, 0) is 75.6 Å². The molecule has 0 spiro atoms. The molecule has 1 aliphatic carbocycles. The quantitative estimate of drug-likeness (QED) is 0.394. The molecule has 1 saturated carbocycles. The van der Waals surface area contributed by atoms with Crippen molar-refractivity contribution in [3.63, 3.8) is 0 Å². The molecule has 0 radical (unpaired) electrons. The summed E-state index contributed by atoms with van der Waals surface area (Å²) in [4.78, 5) is 11.3. The van der Waals surface area contributed by atoms with E-state index in [0.717, 1.165) is 24.0 Å². The van der Waals surface area contributed by atoms with Crippen molar-refractivity contribution < 1.29 is 13.9 Å². The molecule has 0 atom stereocenters.